The van der Waals surface area contributed by atoms with Crippen LogP contribution in [-0.4, -0.2) is 44.5 Å². The van der Waals surface area contributed by atoms with E-state index in [0.717, 1.165) is 12.3 Å². The monoisotopic (exact) mass is 504 g/mol. The topological polar surface area (TPSA) is 131 Å². The Morgan fingerprint density at radius 3 is 2.54 bits per heavy atom. The summed E-state index contributed by atoms with van der Waals surface area (Å²) in [5.41, 5.74) is 1.01. The molecule has 35 heavy (non-hydrogen) atoms. The number of carboxylic acids is 1. The van der Waals surface area contributed by atoms with Gasteiger partial charge in [-0.1, -0.05) is 0 Å². The largest absolute Gasteiger partial charge is 0.496 e. The van der Waals surface area contributed by atoms with E-state index in [4.69, 9.17) is 9.84 Å². The SMILES string of the molecule is COc1cc(F)ccc1-c1cc(Nc2cc(CS(C)(=O)=NC(=O)CCC(=O)O)ccn2)ncc1F. The van der Waals surface area contributed by atoms with Crippen LogP contribution in [-0.2, 0) is 25.1 Å². The smallest absolute Gasteiger partial charge is 0.303 e. The van der Waals surface area contributed by atoms with Crippen LogP contribution in [0.2, 0.25) is 0 Å². The van der Waals surface area contributed by atoms with Gasteiger partial charge in [0, 0.05) is 36.1 Å². The highest BCUT2D eigenvalue weighted by atomic mass is 32.2. The van der Waals surface area contributed by atoms with E-state index in [1.807, 2.05) is 0 Å². The highest BCUT2D eigenvalue weighted by Crippen LogP contribution is 2.33. The van der Waals surface area contributed by atoms with E-state index in [0.29, 0.717) is 16.9 Å². The van der Waals surface area contributed by atoms with Gasteiger partial charge < -0.3 is 15.2 Å². The molecule has 9 nitrogen and oxygen atoms in total. The van der Waals surface area contributed by atoms with Gasteiger partial charge in [-0.2, -0.15) is 4.36 Å². The lowest BCUT2D eigenvalue weighted by atomic mass is 10.0. The van der Waals surface area contributed by atoms with Crippen molar-refractivity contribution in [3.63, 3.8) is 0 Å². The zero-order chi connectivity index (χ0) is 25.6. The number of pyridine rings is 2. The van der Waals surface area contributed by atoms with Crippen LogP contribution < -0.4 is 10.1 Å². The zero-order valence-electron chi connectivity index (χ0n) is 18.8. The molecule has 0 saturated heterocycles. The lowest BCUT2D eigenvalue weighted by Gasteiger charge is -2.12. The van der Waals surface area contributed by atoms with Gasteiger partial charge in [0.1, 0.15) is 29.0 Å². The average Bonchev–Trinajstić information content (AvgIpc) is 2.78. The molecule has 2 N–H and O–H groups in total. The second kappa shape index (κ2) is 11.0. The lowest BCUT2D eigenvalue weighted by molar-refractivity contribution is -0.138. The van der Waals surface area contributed by atoms with Crippen molar-refractivity contribution in [2.75, 3.05) is 18.7 Å². The molecule has 0 aliphatic carbocycles. The maximum absolute atomic E-state index is 14.5. The third-order valence-electron chi connectivity index (χ3n) is 4.67. The fourth-order valence-corrected chi connectivity index (χ4v) is 4.57. The standard InChI is InChI=1S/C23H22F2N4O5S/c1-34-19-10-15(24)3-4-16(19)17-11-21(27-12-18(17)25)28-20-9-14(7-8-26-20)13-35(2,33)29-22(30)5-6-23(31)32/h3-4,7-12H,5-6,13H2,1-2H3,(H,31,32)(H,26,27,28). The van der Waals surface area contributed by atoms with E-state index >= 15 is 0 Å². The number of hydrogen-bond acceptors (Lipinski definition) is 7. The number of benzene rings is 1. The van der Waals surface area contributed by atoms with Crippen molar-refractivity contribution in [1.29, 1.82) is 0 Å². The molecule has 1 unspecified atom stereocenters. The van der Waals surface area contributed by atoms with Gasteiger partial charge in [0.25, 0.3) is 5.91 Å². The molecule has 3 rings (SSSR count). The summed E-state index contributed by atoms with van der Waals surface area (Å²) in [6, 6.07) is 8.32. The van der Waals surface area contributed by atoms with E-state index in [1.165, 1.54) is 37.8 Å². The first-order valence-corrected chi connectivity index (χ1v) is 12.3. The fraction of sp³-hybridized carbons (Fsp3) is 0.217. The van der Waals surface area contributed by atoms with Crippen LogP contribution in [0.15, 0.2) is 53.2 Å². The minimum absolute atomic E-state index is 0.0715. The molecule has 0 saturated carbocycles. The van der Waals surface area contributed by atoms with Crippen LogP contribution in [0, 0.1) is 11.6 Å². The quantitative estimate of drug-likeness (QED) is 0.444. The second-order valence-corrected chi connectivity index (χ2v) is 9.94. The highest BCUT2D eigenvalue weighted by molar-refractivity contribution is 7.92. The van der Waals surface area contributed by atoms with Crippen LogP contribution in [0.25, 0.3) is 11.1 Å². The van der Waals surface area contributed by atoms with E-state index in [1.54, 1.807) is 12.1 Å². The number of carbonyl (C=O) groups is 2. The first-order chi connectivity index (χ1) is 16.6. The van der Waals surface area contributed by atoms with Crippen LogP contribution in [0.3, 0.4) is 0 Å². The number of amides is 1. The van der Waals surface area contributed by atoms with Crippen molar-refractivity contribution in [2.24, 2.45) is 4.36 Å². The Labute approximate surface area is 200 Å². The molecule has 0 bridgehead atoms. The van der Waals surface area contributed by atoms with Crippen LogP contribution in [0.4, 0.5) is 20.4 Å². The van der Waals surface area contributed by atoms with Gasteiger partial charge in [-0.15, -0.1) is 0 Å². The summed E-state index contributed by atoms with van der Waals surface area (Å²) in [6.45, 7) is 0. The van der Waals surface area contributed by atoms with Crippen molar-refractivity contribution >= 4 is 33.2 Å². The molecule has 1 amide bonds. The van der Waals surface area contributed by atoms with Crippen molar-refractivity contribution < 1.29 is 32.4 Å². The average molecular weight is 505 g/mol. The molecule has 1 atom stereocenters. The number of rotatable bonds is 9. The molecular weight excluding hydrogens is 482 g/mol. The number of halogens is 2. The summed E-state index contributed by atoms with van der Waals surface area (Å²) >= 11 is 0. The van der Waals surface area contributed by atoms with Gasteiger partial charge in [0.05, 0.1) is 35.2 Å². The number of aliphatic carboxylic acids is 1. The number of carbonyl (C=O) groups excluding carboxylic acids is 1. The third kappa shape index (κ3) is 7.27. The molecule has 12 heteroatoms. The summed E-state index contributed by atoms with van der Waals surface area (Å²) in [6.07, 6.45) is 3.04. The van der Waals surface area contributed by atoms with E-state index in [2.05, 4.69) is 19.6 Å². The van der Waals surface area contributed by atoms with Gasteiger partial charge in [0.2, 0.25) is 0 Å². The minimum Gasteiger partial charge on any atom is -0.496 e. The van der Waals surface area contributed by atoms with Gasteiger partial charge in [-0.05, 0) is 35.9 Å². The number of hydrogen-bond donors (Lipinski definition) is 2. The molecule has 2 aromatic heterocycles. The van der Waals surface area contributed by atoms with Gasteiger partial charge in [-0.25, -0.2) is 23.0 Å². The second-order valence-electron chi connectivity index (χ2n) is 7.55. The maximum atomic E-state index is 14.5. The number of methoxy groups -OCH3 is 1. The first-order valence-electron chi connectivity index (χ1n) is 10.2. The van der Waals surface area contributed by atoms with Crippen molar-refractivity contribution in [3.8, 4) is 16.9 Å². The number of ether oxygens (including phenoxy) is 1. The predicted molar refractivity (Wildman–Crippen MR) is 126 cm³/mol. The Morgan fingerprint density at radius 1 is 1.09 bits per heavy atom. The fourth-order valence-electron chi connectivity index (χ4n) is 3.18. The first kappa shape index (κ1) is 25.7. The van der Waals surface area contributed by atoms with Gasteiger partial charge >= 0.3 is 5.97 Å². The Bertz CT molecular complexity index is 1390. The zero-order valence-corrected chi connectivity index (χ0v) is 19.6. The molecule has 3 aromatic rings. The van der Waals surface area contributed by atoms with Crippen molar-refractivity contribution in [3.05, 3.63) is 66.0 Å². The predicted octanol–water partition coefficient (Wildman–Crippen LogP) is 4.16. The van der Waals surface area contributed by atoms with E-state index in [-0.39, 0.29) is 29.3 Å². The number of nitrogens with zero attached hydrogens (tertiary/aromatic N) is 3. The highest BCUT2D eigenvalue weighted by Gasteiger charge is 2.14. The summed E-state index contributed by atoms with van der Waals surface area (Å²) < 4.78 is 49.6. The summed E-state index contributed by atoms with van der Waals surface area (Å²) in [7, 11) is -1.61. The number of nitrogens with one attached hydrogen (secondary N) is 1. The third-order valence-corrected chi connectivity index (χ3v) is 6.13. The molecule has 0 spiro atoms. The van der Waals surface area contributed by atoms with Crippen LogP contribution in [0.1, 0.15) is 18.4 Å². The molecule has 0 radical (unpaired) electrons. The molecular formula is C23H22F2N4O5S. The minimum atomic E-state index is -2.96. The summed E-state index contributed by atoms with van der Waals surface area (Å²) in [5.74, 6) is -2.42. The van der Waals surface area contributed by atoms with Gasteiger partial charge in [0.15, 0.2) is 0 Å². The Hall–Kier alpha value is -3.93. The molecule has 1 aromatic carbocycles. The van der Waals surface area contributed by atoms with Crippen LogP contribution in [0.5, 0.6) is 5.75 Å². The molecule has 2 heterocycles. The van der Waals surface area contributed by atoms with E-state index in [9.17, 15) is 22.6 Å². The normalized spacial score (nSPS) is 12.5. The lowest BCUT2D eigenvalue weighted by Crippen LogP contribution is -2.08. The Morgan fingerprint density at radius 2 is 1.83 bits per heavy atom. The van der Waals surface area contributed by atoms with Crippen molar-refractivity contribution in [1.82, 2.24) is 9.97 Å². The van der Waals surface area contributed by atoms with Gasteiger partial charge in [-0.3, -0.25) is 9.59 Å². The number of aromatic nitrogens is 2. The molecule has 0 fully saturated rings. The molecule has 0 aliphatic rings. The summed E-state index contributed by atoms with van der Waals surface area (Å²) in [5, 5.41) is 11.6. The number of carboxylic acid groups (broad SMARTS) is 1. The molecule has 184 valence electrons. The number of anilines is 2. The Balaban J connectivity index is 1.82. The van der Waals surface area contributed by atoms with E-state index < -0.39 is 39.7 Å². The molecule has 0 aliphatic heterocycles. The maximum Gasteiger partial charge on any atom is 0.303 e. The van der Waals surface area contributed by atoms with Crippen LogP contribution >= 0.6 is 0 Å². The van der Waals surface area contributed by atoms with Crippen molar-refractivity contribution in [2.45, 2.75) is 18.6 Å². The summed E-state index contributed by atoms with van der Waals surface area (Å²) in [4.78, 5) is 30.6. The Kier molecular flexibility index (Phi) is 8.07.